The normalized spacial score (nSPS) is 20.7. The van der Waals surface area contributed by atoms with Gasteiger partial charge in [-0.2, -0.15) is 0 Å². The molecular weight excluding hydrogens is 190 g/mol. The van der Waals surface area contributed by atoms with Crippen LogP contribution in [0.5, 0.6) is 11.5 Å². The molecule has 1 atom stereocenters. The van der Waals surface area contributed by atoms with Gasteiger partial charge in [0.1, 0.15) is 0 Å². The number of benzene rings is 1. The molecule has 1 aromatic carbocycles. The molecule has 15 heavy (non-hydrogen) atoms. The predicted octanol–water partition coefficient (Wildman–Crippen LogP) is 1.87. The lowest BCUT2D eigenvalue weighted by Crippen LogP contribution is -2.12. The molecule has 0 saturated carbocycles. The fraction of sp³-hybridized carbons (Fsp3) is 0.500. The molecule has 1 aromatic rings. The lowest BCUT2D eigenvalue weighted by atomic mass is 9.92. The third-order valence-electron chi connectivity index (χ3n) is 3.25. The number of phenols is 2. The van der Waals surface area contributed by atoms with Gasteiger partial charge in [0.15, 0.2) is 11.5 Å². The third kappa shape index (κ3) is 1.79. The van der Waals surface area contributed by atoms with Gasteiger partial charge in [0, 0.05) is 5.56 Å². The number of nitrogens with two attached hydrogens (primary N) is 1. The van der Waals surface area contributed by atoms with Crippen molar-refractivity contribution in [3.05, 3.63) is 23.3 Å². The summed E-state index contributed by atoms with van der Waals surface area (Å²) >= 11 is 0. The molecule has 2 rings (SSSR count). The molecule has 0 heterocycles. The van der Waals surface area contributed by atoms with Crippen LogP contribution in [-0.4, -0.2) is 16.8 Å². The number of rotatable bonds is 1. The molecule has 0 fully saturated rings. The summed E-state index contributed by atoms with van der Waals surface area (Å²) < 4.78 is 0. The van der Waals surface area contributed by atoms with E-state index in [0.717, 1.165) is 36.8 Å². The molecule has 1 aliphatic rings. The molecule has 1 unspecified atom stereocenters. The van der Waals surface area contributed by atoms with Crippen LogP contribution in [0.25, 0.3) is 0 Å². The van der Waals surface area contributed by atoms with Crippen LogP contribution in [0.3, 0.4) is 0 Å². The van der Waals surface area contributed by atoms with Crippen LogP contribution in [0.15, 0.2) is 12.1 Å². The molecule has 0 bridgehead atoms. The van der Waals surface area contributed by atoms with Crippen LogP contribution in [0, 0.1) is 0 Å². The lowest BCUT2D eigenvalue weighted by Gasteiger charge is -2.16. The maximum atomic E-state index is 9.79. The summed E-state index contributed by atoms with van der Waals surface area (Å²) in [6.45, 7) is 0.608. The zero-order valence-electron chi connectivity index (χ0n) is 8.74. The average molecular weight is 207 g/mol. The minimum atomic E-state index is -0.0218. The first kappa shape index (κ1) is 10.3. The zero-order chi connectivity index (χ0) is 10.8. The van der Waals surface area contributed by atoms with Gasteiger partial charge in [0.25, 0.3) is 0 Å². The lowest BCUT2D eigenvalue weighted by molar-refractivity contribution is 0.398. The molecular formula is C12H17NO2. The van der Waals surface area contributed by atoms with Crippen LogP contribution in [-0.2, 0) is 6.42 Å². The monoisotopic (exact) mass is 207 g/mol. The zero-order valence-corrected chi connectivity index (χ0v) is 8.74. The summed E-state index contributed by atoms with van der Waals surface area (Å²) in [4.78, 5) is 0. The second-order valence-corrected chi connectivity index (χ2v) is 4.18. The van der Waals surface area contributed by atoms with Crippen LogP contribution in [0.1, 0.15) is 36.3 Å². The number of hydrogen-bond acceptors (Lipinski definition) is 3. The van der Waals surface area contributed by atoms with E-state index >= 15 is 0 Å². The van der Waals surface area contributed by atoms with E-state index in [0.29, 0.717) is 12.5 Å². The van der Waals surface area contributed by atoms with E-state index < -0.39 is 0 Å². The first-order valence-electron chi connectivity index (χ1n) is 5.47. The Labute approximate surface area is 89.5 Å². The smallest absolute Gasteiger partial charge is 0.160 e. The van der Waals surface area contributed by atoms with Crippen molar-refractivity contribution < 1.29 is 10.2 Å². The second-order valence-electron chi connectivity index (χ2n) is 4.18. The van der Waals surface area contributed by atoms with Gasteiger partial charge in [0.05, 0.1) is 0 Å². The Morgan fingerprint density at radius 2 is 2.07 bits per heavy atom. The molecule has 0 spiro atoms. The van der Waals surface area contributed by atoms with Crippen molar-refractivity contribution in [1.29, 1.82) is 0 Å². The van der Waals surface area contributed by atoms with E-state index in [-0.39, 0.29) is 11.5 Å². The third-order valence-corrected chi connectivity index (χ3v) is 3.25. The van der Waals surface area contributed by atoms with E-state index in [9.17, 15) is 10.2 Å². The highest BCUT2D eigenvalue weighted by Gasteiger charge is 2.21. The molecule has 82 valence electrons. The Hall–Kier alpha value is -1.22. The number of aromatic hydroxyl groups is 2. The van der Waals surface area contributed by atoms with Crippen molar-refractivity contribution in [2.24, 2.45) is 5.73 Å². The average Bonchev–Trinajstić information content (AvgIpc) is 2.45. The molecule has 4 N–H and O–H groups in total. The number of phenolic OH excluding ortho intramolecular Hbond substituents is 2. The summed E-state index contributed by atoms with van der Waals surface area (Å²) in [5, 5.41) is 19.2. The minimum Gasteiger partial charge on any atom is -0.504 e. The van der Waals surface area contributed by atoms with Crippen molar-refractivity contribution in [2.75, 3.05) is 6.54 Å². The first-order valence-corrected chi connectivity index (χ1v) is 5.47. The van der Waals surface area contributed by atoms with Crippen LogP contribution in [0.2, 0.25) is 0 Å². The summed E-state index contributed by atoms with van der Waals surface area (Å²) in [6.07, 6.45) is 4.11. The van der Waals surface area contributed by atoms with Gasteiger partial charge in [-0.05, 0) is 43.4 Å². The highest BCUT2D eigenvalue weighted by Crippen LogP contribution is 2.39. The number of fused-ring (bicyclic) bond motifs is 1. The Morgan fingerprint density at radius 1 is 1.27 bits per heavy atom. The first-order chi connectivity index (χ1) is 7.24. The van der Waals surface area contributed by atoms with Gasteiger partial charge in [-0.25, -0.2) is 0 Å². The van der Waals surface area contributed by atoms with Crippen molar-refractivity contribution in [2.45, 2.75) is 31.6 Å². The van der Waals surface area contributed by atoms with Crippen molar-refractivity contribution in [3.8, 4) is 11.5 Å². The molecule has 3 heteroatoms. The van der Waals surface area contributed by atoms with E-state index in [4.69, 9.17) is 5.73 Å². The Morgan fingerprint density at radius 3 is 2.80 bits per heavy atom. The van der Waals surface area contributed by atoms with E-state index in [1.807, 2.05) is 6.07 Å². The van der Waals surface area contributed by atoms with Gasteiger partial charge in [0.2, 0.25) is 0 Å². The van der Waals surface area contributed by atoms with E-state index in [2.05, 4.69) is 0 Å². The maximum Gasteiger partial charge on any atom is 0.160 e. The molecule has 0 amide bonds. The van der Waals surface area contributed by atoms with Crippen LogP contribution >= 0.6 is 0 Å². The minimum absolute atomic E-state index is 0.0218. The highest BCUT2D eigenvalue weighted by atomic mass is 16.3. The summed E-state index contributed by atoms with van der Waals surface area (Å²) in [5.41, 5.74) is 7.74. The SMILES string of the molecule is NCC1CCCCc2c1ccc(O)c2O. The molecule has 0 aromatic heterocycles. The van der Waals surface area contributed by atoms with Gasteiger partial charge < -0.3 is 15.9 Å². The van der Waals surface area contributed by atoms with Crippen LogP contribution in [0.4, 0.5) is 0 Å². The summed E-state index contributed by atoms with van der Waals surface area (Å²) in [5.74, 6) is 0.355. The standard InChI is InChI=1S/C12H17NO2/c13-7-8-3-1-2-4-10-9(8)5-6-11(14)12(10)15/h5-6,8,14-15H,1-4,7,13H2. The van der Waals surface area contributed by atoms with Crippen molar-refractivity contribution in [1.82, 2.24) is 0 Å². The van der Waals surface area contributed by atoms with Crippen LogP contribution < -0.4 is 5.73 Å². The molecule has 0 aliphatic heterocycles. The predicted molar refractivity (Wildman–Crippen MR) is 59.1 cm³/mol. The molecule has 3 nitrogen and oxygen atoms in total. The van der Waals surface area contributed by atoms with Crippen molar-refractivity contribution >= 4 is 0 Å². The summed E-state index contributed by atoms with van der Waals surface area (Å²) in [7, 11) is 0. The summed E-state index contributed by atoms with van der Waals surface area (Å²) in [6, 6.07) is 3.45. The fourth-order valence-electron chi connectivity index (χ4n) is 2.38. The Bertz CT molecular complexity index is 363. The van der Waals surface area contributed by atoms with Gasteiger partial charge >= 0.3 is 0 Å². The Kier molecular flexibility index (Phi) is 2.82. The molecule has 0 radical (unpaired) electrons. The number of hydrogen-bond donors (Lipinski definition) is 3. The van der Waals surface area contributed by atoms with Gasteiger partial charge in [-0.15, -0.1) is 0 Å². The second kappa shape index (κ2) is 4.11. The van der Waals surface area contributed by atoms with E-state index in [1.165, 1.54) is 0 Å². The highest BCUT2D eigenvalue weighted by molar-refractivity contribution is 5.50. The van der Waals surface area contributed by atoms with E-state index in [1.54, 1.807) is 6.07 Å². The fourth-order valence-corrected chi connectivity index (χ4v) is 2.38. The molecule has 0 saturated heterocycles. The molecule has 1 aliphatic carbocycles. The van der Waals surface area contributed by atoms with Crippen molar-refractivity contribution in [3.63, 3.8) is 0 Å². The van der Waals surface area contributed by atoms with Gasteiger partial charge in [-0.1, -0.05) is 12.5 Å². The maximum absolute atomic E-state index is 9.79. The van der Waals surface area contributed by atoms with Gasteiger partial charge in [-0.3, -0.25) is 0 Å². The quantitative estimate of drug-likeness (QED) is 0.486. The topological polar surface area (TPSA) is 66.5 Å². The Balaban J connectivity index is 2.49. The largest absolute Gasteiger partial charge is 0.504 e.